The molecule has 9 rings (SSSR count). The van der Waals surface area contributed by atoms with Gasteiger partial charge in [0.2, 0.25) is 12.6 Å². The Morgan fingerprint density at radius 3 is 2.39 bits per heavy atom. The number of aliphatic hydroxyl groups is 2. The number of hydrogen-bond donors (Lipinski definition) is 2. The van der Waals surface area contributed by atoms with Crippen LogP contribution in [0.5, 0.6) is 28.7 Å². The van der Waals surface area contributed by atoms with Crippen molar-refractivity contribution >= 4 is 22.6 Å². The number of ether oxygens (including phenoxy) is 7. The lowest BCUT2D eigenvalue weighted by Gasteiger charge is -2.59. The highest BCUT2D eigenvalue weighted by atomic mass is 16.7. The largest absolute Gasteiger partial charge is 0.459 e. The molecule has 2 aliphatic carbocycles. The lowest BCUT2D eigenvalue weighted by molar-refractivity contribution is -0.256. The average molecular weight is 939 g/mol. The summed E-state index contributed by atoms with van der Waals surface area (Å²) in [7, 11) is 1.53. The molecule has 0 radical (unpaired) electrons. The molecule has 0 saturated heterocycles. The van der Waals surface area contributed by atoms with E-state index in [-0.39, 0.29) is 70.5 Å². The molecular formula is C56H62N2O11. The van der Waals surface area contributed by atoms with Crippen LogP contribution in [0.15, 0.2) is 139 Å². The fourth-order valence-corrected chi connectivity index (χ4v) is 10.8. The van der Waals surface area contributed by atoms with Gasteiger partial charge >= 0.3 is 6.09 Å². The third kappa shape index (κ3) is 10.5. The van der Waals surface area contributed by atoms with Crippen LogP contribution in [0.1, 0.15) is 67.6 Å². The molecule has 0 unspecified atom stereocenters. The van der Waals surface area contributed by atoms with Gasteiger partial charge in [-0.15, -0.1) is 6.58 Å². The number of aliphatic hydroxyl groups excluding tert-OH is 2. The van der Waals surface area contributed by atoms with Crippen LogP contribution in [0.25, 0.3) is 10.8 Å². The van der Waals surface area contributed by atoms with E-state index in [0.717, 1.165) is 58.7 Å². The quantitative estimate of drug-likeness (QED) is 0.0388. The van der Waals surface area contributed by atoms with Crippen molar-refractivity contribution in [2.45, 2.75) is 75.8 Å². The molecule has 6 atom stereocenters. The zero-order valence-electron chi connectivity index (χ0n) is 39.2. The topological polar surface area (TPSA) is 147 Å². The molecule has 2 N–H and O–H groups in total. The Morgan fingerprint density at radius 1 is 0.826 bits per heavy atom. The number of oxime groups is 1. The van der Waals surface area contributed by atoms with Crippen LogP contribution in [0, 0.1) is 17.8 Å². The Morgan fingerprint density at radius 2 is 1.58 bits per heavy atom. The highest BCUT2D eigenvalue weighted by Gasteiger charge is 2.65. The molecular weight excluding hydrogens is 877 g/mol. The van der Waals surface area contributed by atoms with E-state index < -0.39 is 23.8 Å². The van der Waals surface area contributed by atoms with E-state index in [0.29, 0.717) is 53.9 Å². The second-order valence-corrected chi connectivity index (χ2v) is 18.0. The Labute approximate surface area is 403 Å². The molecule has 2 aliphatic heterocycles. The van der Waals surface area contributed by atoms with Gasteiger partial charge in [-0.05, 0) is 107 Å². The Hall–Kier alpha value is -6.38. The van der Waals surface area contributed by atoms with E-state index in [1.807, 2.05) is 84.9 Å². The number of carbonyl (C=O) groups excluding carboxylic acids is 1. The number of carbonyl (C=O) groups is 1. The van der Waals surface area contributed by atoms with Gasteiger partial charge in [-0.1, -0.05) is 96.9 Å². The molecule has 0 bridgehead atoms. The standard InChI is InChI=1S/C56H62N2O11/c1-3-27-67-56-52(58(35-39-19-23-50-51(30-39)66-37-65-50)55(61)64-29-28-63-36-38-13-5-4-6-14-38)34-48(57-62-2)46-32-42(17-9-11-25-59)45(18-10-12-26-60)53(54(46)56)47-33-44(22-24-49(47)69-56)68-43-21-20-40-15-7-8-16-41(40)31-43/h3-8,13-16,19-24,30-33,42,45,52-54,59-60H,1,9-12,17-18,25-29,34-37H2,2H3/t42-,45+,52-,53+,54+,56+/m0/s1. The molecule has 0 aromatic heterocycles. The van der Waals surface area contributed by atoms with Gasteiger partial charge in [-0.25, -0.2) is 4.79 Å². The predicted molar refractivity (Wildman–Crippen MR) is 262 cm³/mol. The number of unbranched alkanes of at least 4 members (excludes halogenated alkanes) is 2. The second-order valence-electron chi connectivity index (χ2n) is 18.0. The van der Waals surface area contributed by atoms with Gasteiger partial charge in [0.1, 0.15) is 37.0 Å². The van der Waals surface area contributed by atoms with Crippen molar-refractivity contribution in [1.29, 1.82) is 0 Å². The number of benzene rings is 5. The van der Waals surface area contributed by atoms with E-state index in [1.165, 1.54) is 7.11 Å². The predicted octanol–water partition coefficient (Wildman–Crippen LogP) is 10.5. The van der Waals surface area contributed by atoms with Crippen molar-refractivity contribution in [3.05, 3.63) is 150 Å². The fourth-order valence-electron chi connectivity index (χ4n) is 10.8. The highest BCUT2D eigenvalue weighted by molar-refractivity contribution is 6.03. The zero-order valence-corrected chi connectivity index (χ0v) is 39.2. The van der Waals surface area contributed by atoms with Crippen molar-refractivity contribution in [1.82, 2.24) is 4.90 Å². The van der Waals surface area contributed by atoms with Crippen molar-refractivity contribution in [2.24, 2.45) is 22.9 Å². The number of fused-ring (bicyclic) bond motifs is 4. The van der Waals surface area contributed by atoms with Gasteiger partial charge in [0.15, 0.2) is 11.5 Å². The molecule has 5 aromatic rings. The van der Waals surface area contributed by atoms with Crippen molar-refractivity contribution in [3.8, 4) is 28.7 Å². The Bertz CT molecular complexity index is 2620. The van der Waals surface area contributed by atoms with Crippen LogP contribution in [0.4, 0.5) is 4.79 Å². The summed E-state index contributed by atoms with van der Waals surface area (Å²) in [4.78, 5) is 22.4. The third-order valence-corrected chi connectivity index (χ3v) is 13.8. The molecule has 0 spiro atoms. The summed E-state index contributed by atoms with van der Waals surface area (Å²) in [5.41, 5.74) is 4.33. The molecule has 4 aliphatic rings. The maximum Gasteiger partial charge on any atom is 0.410 e. The SMILES string of the molecule is C=CCO[C@@]12Oc3ccc(Oc4ccc5ccccc5c4)cc3[C@H]3[C@H](CCCCO)[C@@H](CCCCO)C=C(C(=NOC)C[C@@H]1N(Cc1ccc4c(c1)OCO4)C(=O)OCCOCc1ccccc1)[C@H]32. The summed E-state index contributed by atoms with van der Waals surface area (Å²) < 4.78 is 44.8. The van der Waals surface area contributed by atoms with Crippen molar-refractivity contribution in [2.75, 3.05) is 46.9 Å². The zero-order chi connectivity index (χ0) is 47.6. The number of nitrogens with zero attached hydrogens (tertiary/aromatic N) is 2. The normalized spacial score (nSPS) is 22.5. The Kier molecular flexibility index (Phi) is 15.5. The number of allylic oxidation sites excluding steroid dienone is 1. The van der Waals surface area contributed by atoms with Gasteiger partial charge in [0.25, 0.3) is 0 Å². The van der Waals surface area contributed by atoms with E-state index in [9.17, 15) is 10.2 Å². The fraction of sp³-hybridized carbons (Fsp3) is 0.393. The summed E-state index contributed by atoms with van der Waals surface area (Å²) in [5, 5.41) is 27.0. The number of rotatable bonds is 22. The lowest BCUT2D eigenvalue weighted by Crippen LogP contribution is -2.70. The summed E-state index contributed by atoms with van der Waals surface area (Å²) in [6.07, 6.45) is 8.14. The minimum absolute atomic E-state index is 0.00110. The van der Waals surface area contributed by atoms with Crippen LogP contribution in [-0.2, 0) is 32.2 Å². The van der Waals surface area contributed by atoms with Gasteiger partial charge in [0.05, 0.1) is 31.5 Å². The minimum Gasteiger partial charge on any atom is -0.459 e. The van der Waals surface area contributed by atoms with E-state index in [4.69, 9.17) is 43.2 Å². The monoisotopic (exact) mass is 938 g/mol. The van der Waals surface area contributed by atoms with E-state index >= 15 is 4.79 Å². The maximum absolute atomic E-state index is 15.0. The van der Waals surface area contributed by atoms with Gasteiger partial charge in [-0.3, -0.25) is 4.90 Å². The molecule has 69 heavy (non-hydrogen) atoms. The first-order valence-corrected chi connectivity index (χ1v) is 24.1. The lowest BCUT2D eigenvalue weighted by atomic mass is 9.55. The first-order chi connectivity index (χ1) is 33.9. The smallest absolute Gasteiger partial charge is 0.410 e. The Balaban J connectivity index is 1.16. The summed E-state index contributed by atoms with van der Waals surface area (Å²) >= 11 is 0. The molecule has 2 heterocycles. The highest BCUT2D eigenvalue weighted by Crippen LogP contribution is 2.62. The van der Waals surface area contributed by atoms with E-state index in [2.05, 4.69) is 36.9 Å². The van der Waals surface area contributed by atoms with E-state index in [1.54, 1.807) is 11.0 Å². The first-order valence-electron chi connectivity index (χ1n) is 24.1. The molecule has 1 amide bonds. The number of amides is 1. The maximum atomic E-state index is 15.0. The van der Waals surface area contributed by atoms with Crippen LogP contribution >= 0.6 is 0 Å². The van der Waals surface area contributed by atoms with Crippen LogP contribution < -0.4 is 18.9 Å². The number of hydrogen-bond acceptors (Lipinski definition) is 12. The third-order valence-electron chi connectivity index (χ3n) is 13.8. The minimum atomic E-state index is -1.50. The van der Waals surface area contributed by atoms with Crippen LogP contribution in [0.3, 0.4) is 0 Å². The van der Waals surface area contributed by atoms with Crippen molar-refractivity contribution in [3.63, 3.8) is 0 Å². The molecule has 5 aromatic carbocycles. The van der Waals surface area contributed by atoms with Gasteiger partial charge in [-0.2, -0.15) is 0 Å². The average Bonchev–Trinajstić information content (AvgIpc) is 3.85. The summed E-state index contributed by atoms with van der Waals surface area (Å²) in [6, 6.07) is 34.9. The van der Waals surface area contributed by atoms with Crippen molar-refractivity contribution < 1.29 is 53.0 Å². The first kappa shape index (κ1) is 47.7. The summed E-state index contributed by atoms with van der Waals surface area (Å²) in [6.45, 7) is 5.10. The van der Waals surface area contributed by atoms with Gasteiger partial charge in [0, 0.05) is 37.7 Å². The van der Waals surface area contributed by atoms with Gasteiger partial charge < -0.3 is 48.2 Å². The van der Waals surface area contributed by atoms with Crippen LogP contribution in [0.2, 0.25) is 0 Å². The molecule has 1 fully saturated rings. The molecule has 362 valence electrons. The second kappa shape index (κ2) is 22.4. The molecule has 13 nitrogen and oxygen atoms in total. The van der Waals surface area contributed by atoms with Crippen LogP contribution in [-0.4, -0.2) is 85.7 Å². The summed E-state index contributed by atoms with van der Waals surface area (Å²) in [5.74, 6) is 0.962. The molecule has 13 heteroatoms. The molecule has 1 saturated carbocycles.